The Kier molecular flexibility index (Phi) is 4.39. The molecule has 0 aliphatic heterocycles. The number of hydrogen-bond acceptors (Lipinski definition) is 4. The summed E-state index contributed by atoms with van der Waals surface area (Å²) >= 11 is 10.1. The van der Waals surface area contributed by atoms with Gasteiger partial charge in [-0.3, -0.25) is 15.0 Å². The third-order valence-electron chi connectivity index (χ3n) is 1.53. The monoisotopic (exact) mass is 262 g/mol. The van der Waals surface area contributed by atoms with Crippen LogP contribution in [0.4, 0.5) is 10.1 Å². The summed E-state index contributed by atoms with van der Waals surface area (Å²) in [5, 5.41) is 1.07. The second-order valence-corrected chi connectivity index (χ2v) is 3.29. The fourth-order valence-corrected chi connectivity index (χ4v) is 1.14. The summed E-state index contributed by atoms with van der Waals surface area (Å²) in [7, 11) is 0. The van der Waals surface area contributed by atoms with Gasteiger partial charge in [-0.15, -0.1) is 0 Å². The minimum absolute atomic E-state index is 0.00386. The molecule has 0 saturated heterocycles. The zero-order valence-electron chi connectivity index (χ0n) is 7.71. The maximum Gasteiger partial charge on any atom is 0.277 e. The van der Waals surface area contributed by atoms with Crippen LogP contribution in [-0.2, 0) is 9.59 Å². The van der Waals surface area contributed by atoms with Gasteiger partial charge >= 0.3 is 0 Å². The van der Waals surface area contributed by atoms with Gasteiger partial charge in [-0.05, 0) is 35.3 Å². The molecule has 0 aliphatic rings. The Morgan fingerprint density at radius 2 is 1.75 bits per heavy atom. The van der Waals surface area contributed by atoms with Gasteiger partial charge in [0.25, 0.3) is 10.5 Å². The molecule has 0 atom stereocenters. The summed E-state index contributed by atoms with van der Waals surface area (Å²) in [6, 6.07) is 5.58. The first-order valence-electron chi connectivity index (χ1n) is 4.00. The summed E-state index contributed by atoms with van der Waals surface area (Å²) in [4.78, 5) is 21.4. The van der Waals surface area contributed by atoms with Gasteiger partial charge in [-0.25, -0.2) is 4.39 Å². The number of rotatable bonds is 4. The minimum atomic E-state index is -1.12. The average Bonchev–Trinajstić information content (AvgIpc) is 2.20. The van der Waals surface area contributed by atoms with Crippen molar-refractivity contribution in [3.8, 4) is 0 Å². The van der Waals surface area contributed by atoms with E-state index in [1.165, 1.54) is 18.2 Å². The zero-order chi connectivity index (χ0) is 12.1. The van der Waals surface area contributed by atoms with Crippen LogP contribution in [0, 0.1) is 5.82 Å². The van der Waals surface area contributed by atoms with Gasteiger partial charge in [0, 0.05) is 0 Å². The average molecular weight is 263 g/mol. The second-order valence-electron chi connectivity index (χ2n) is 2.60. The SMILES string of the molecule is O=C(Cl)C(=NNc1ccccc1F)C(=O)Cl. The number of nitrogens with zero attached hydrogens (tertiary/aromatic N) is 1. The summed E-state index contributed by atoms with van der Waals surface area (Å²) in [5.41, 5.74) is 1.47. The maximum atomic E-state index is 13.1. The molecule has 0 fully saturated rings. The molecule has 1 rings (SSSR count). The Balaban J connectivity index is 2.90. The van der Waals surface area contributed by atoms with E-state index in [0.29, 0.717) is 0 Å². The van der Waals surface area contributed by atoms with Crippen molar-refractivity contribution in [1.29, 1.82) is 0 Å². The van der Waals surface area contributed by atoms with E-state index in [1.54, 1.807) is 6.07 Å². The Morgan fingerprint density at radius 1 is 1.19 bits per heavy atom. The Morgan fingerprint density at radius 3 is 2.25 bits per heavy atom. The van der Waals surface area contributed by atoms with E-state index < -0.39 is 22.0 Å². The summed E-state index contributed by atoms with van der Waals surface area (Å²) < 4.78 is 13.1. The number of halogens is 3. The molecule has 0 saturated carbocycles. The van der Waals surface area contributed by atoms with Gasteiger partial charge in [0.1, 0.15) is 5.82 Å². The van der Waals surface area contributed by atoms with Crippen molar-refractivity contribution in [2.24, 2.45) is 5.10 Å². The van der Waals surface area contributed by atoms with Crippen LogP contribution >= 0.6 is 23.2 Å². The predicted molar refractivity (Wildman–Crippen MR) is 59.2 cm³/mol. The lowest BCUT2D eigenvalue weighted by atomic mass is 10.3. The molecular formula is C9H5Cl2FN2O2. The summed E-state index contributed by atoms with van der Waals surface area (Å²) in [6.45, 7) is 0. The van der Waals surface area contributed by atoms with E-state index in [0.717, 1.165) is 0 Å². The van der Waals surface area contributed by atoms with E-state index in [1.807, 2.05) is 0 Å². The number of nitrogens with one attached hydrogen (secondary N) is 1. The first kappa shape index (κ1) is 12.6. The Hall–Kier alpha value is -1.46. The number of carbonyl (C=O) groups is 2. The Labute approximate surface area is 100 Å². The Bertz CT molecular complexity index is 447. The molecule has 7 heteroatoms. The first-order valence-corrected chi connectivity index (χ1v) is 4.76. The van der Waals surface area contributed by atoms with Crippen molar-refractivity contribution in [3.63, 3.8) is 0 Å². The van der Waals surface area contributed by atoms with Gasteiger partial charge in [-0.1, -0.05) is 12.1 Å². The lowest BCUT2D eigenvalue weighted by Gasteiger charge is -2.01. The van der Waals surface area contributed by atoms with Gasteiger partial charge in [0.05, 0.1) is 5.69 Å². The van der Waals surface area contributed by atoms with Crippen LogP contribution in [0.2, 0.25) is 0 Å². The molecule has 0 radical (unpaired) electrons. The molecule has 1 aromatic rings. The number of anilines is 1. The molecule has 1 aromatic carbocycles. The highest BCUT2D eigenvalue weighted by Gasteiger charge is 2.16. The number of hydrazone groups is 1. The van der Waals surface area contributed by atoms with Crippen LogP contribution in [-0.4, -0.2) is 16.2 Å². The zero-order valence-corrected chi connectivity index (χ0v) is 9.22. The van der Waals surface area contributed by atoms with Crippen LogP contribution in [0.1, 0.15) is 0 Å². The highest BCUT2D eigenvalue weighted by molar-refractivity contribution is 7.01. The third kappa shape index (κ3) is 3.29. The van der Waals surface area contributed by atoms with Crippen LogP contribution in [0.3, 0.4) is 0 Å². The van der Waals surface area contributed by atoms with Gasteiger partial charge in [-0.2, -0.15) is 5.10 Å². The van der Waals surface area contributed by atoms with Crippen molar-refractivity contribution in [1.82, 2.24) is 0 Å². The molecule has 4 nitrogen and oxygen atoms in total. The quantitative estimate of drug-likeness (QED) is 0.392. The summed E-state index contributed by atoms with van der Waals surface area (Å²) in [5.74, 6) is -0.588. The van der Waals surface area contributed by atoms with Crippen molar-refractivity contribution in [3.05, 3.63) is 30.1 Å². The topological polar surface area (TPSA) is 58.5 Å². The van der Waals surface area contributed by atoms with Crippen LogP contribution in [0.15, 0.2) is 29.4 Å². The van der Waals surface area contributed by atoms with Gasteiger partial charge in [0.2, 0.25) is 5.71 Å². The normalized spacial score (nSPS) is 9.44. The highest BCUT2D eigenvalue weighted by Crippen LogP contribution is 2.12. The minimum Gasteiger partial charge on any atom is -0.275 e. The molecule has 0 aromatic heterocycles. The molecule has 0 amide bonds. The van der Waals surface area contributed by atoms with Crippen molar-refractivity contribution in [2.45, 2.75) is 0 Å². The van der Waals surface area contributed by atoms with Crippen molar-refractivity contribution in [2.75, 3.05) is 5.43 Å². The van der Waals surface area contributed by atoms with Gasteiger partial charge in [0.15, 0.2) is 0 Å². The fourth-order valence-electron chi connectivity index (χ4n) is 0.833. The maximum absolute atomic E-state index is 13.1. The molecule has 0 bridgehead atoms. The molecule has 84 valence electrons. The molecule has 16 heavy (non-hydrogen) atoms. The lowest BCUT2D eigenvalue weighted by Crippen LogP contribution is -2.17. The van der Waals surface area contributed by atoms with Crippen molar-refractivity contribution >= 4 is 45.1 Å². The number of para-hydroxylation sites is 1. The fraction of sp³-hybridized carbons (Fsp3) is 0. The summed E-state index contributed by atoms with van der Waals surface area (Å²) in [6.07, 6.45) is 0. The van der Waals surface area contributed by atoms with E-state index >= 15 is 0 Å². The van der Waals surface area contributed by atoms with E-state index in [-0.39, 0.29) is 5.69 Å². The number of carbonyl (C=O) groups excluding carboxylic acids is 2. The molecule has 0 heterocycles. The van der Waals surface area contributed by atoms with Crippen LogP contribution in [0.25, 0.3) is 0 Å². The standard InChI is InChI=1S/C9H5Cl2FN2O2/c10-8(15)7(9(11)16)14-13-6-4-2-1-3-5(6)12/h1-4,13H. The molecular weight excluding hydrogens is 258 g/mol. The number of benzene rings is 1. The molecule has 0 spiro atoms. The molecule has 1 N–H and O–H groups in total. The smallest absolute Gasteiger partial charge is 0.275 e. The highest BCUT2D eigenvalue weighted by atomic mass is 35.5. The van der Waals surface area contributed by atoms with Crippen molar-refractivity contribution < 1.29 is 14.0 Å². The molecule has 0 aliphatic carbocycles. The van der Waals surface area contributed by atoms with Crippen LogP contribution in [0.5, 0.6) is 0 Å². The molecule has 0 unspecified atom stereocenters. The first-order chi connectivity index (χ1) is 7.52. The van der Waals surface area contributed by atoms with E-state index in [9.17, 15) is 14.0 Å². The van der Waals surface area contributed by atoms with E-state index in [4.69, 9.17) is 23.2 Å². The number of hydrogen-bond donors (Lipinski definition) is 1. The second kappa shape index (κ2) is 5.58. The van der Waals surface area contributed by atoms with Gasteiger partial charge < -0.3 is 0 Å². The van der Waals surface area contributed by atoms with E-state index in [2.05, 4.69) is 10.5 Å². The largest absolute Gasteiger partial charge is 0.277 e. The predicted octanol–water partition coefficient (Wildman–Crippen LogP) is 2.12. The third-order valence-corrected chi connectivity index (χ3v) is 1.89. The van der Waals surface area contributed by atoms with Crippen LogP contribution < -0.4 is 5.43 Å². The lowest BCUT2D eigenvalue weighted by molar-refractivity contribution is -0.109.